The average Bonchev–Trinajstić information content (AvgIpc) is 3.19. The van der Waals surface area contributed by atoms with E-state index < -0.39 is 6.09 Å². The number of nitrogens with one attached hydrogen (secondary N) is 2. The van der Waals surface area contributed by atoms with Crippen LogP contribution in [0.25, 0.3) is 11.1 Å². The molecule has 5 rings (SSSR count). The minimum Gasteiger partial charge on any atom is -0.448 e. The number of hydrogen-bond donors (Lipinski definition) is 2. The highest BCUT2D eigenvalue weighted by Crippen LogP contribution is 2.44. The molecular formula is C29H29N3O2. The van der Waals surface area contributed by atoms with Crippen LogP contribution in [0.5, 0.6) is 0 Å². The molecular weight excluding hydrogens is 422 g/mol. The summed E-state index contributed by atoms with van der Waals surface area (Å²) in [5.74, 6) is 2.79. The van der Waals surface area contributed by atoms with Crippen LogP contribution in [0.2, 0.25) is 0 Å². The number of fused-ring (bicyclic) bond motifs is 3. The molecule has 3 aromatic carbocycles. The van der Waals surface area contributed by atoms with E-state index in [4.69, 9.17) is 11.2 Å². The fraction of sp³-hybridized carbons (Fsp3) is 0.276. The molecule has 1 aliphatic carbocycles. The molecule has 5 nitrogen and oxygen atoms in total. The lowest BCUT2D eigenvalue weighted by atomic mass is 9.98. The number of benzene rings is 3. The van der Waals surface area contributed by atoms with Crippen molar-refractivity contribution in [2.75, 3.05) is 38.1 Å². The number of nitrogens with zero attached hydrogens (tertiary/aromatic N) is 1. The fourth-order valence-electron chi connectivity index (χ4n) is 5.02. The van der Waals surface area contributed by atoms with Crippen LogP contribution in [0.15, 0.2) is 60.7 Å². The van der Waals surface area contributed by atoms with Crippen LogP contribution < -0.4 is 10.6 Å². The maximum atomic E-state index is 12.8. The minimum atomic E-state index is -0.466. The molecule has 1 saturated heterocycles. The van der Waals surface area contributed by atoms with Crippen LogP contribution in [-0.2, 0) is 11.3 Å². The fourth-order valence-corrected chi connectivity index (χ4v) is 5.02. The van der Waals surface area contributed by atoms with Gasteiger partial charge >= 0.3 is 6.09 Å². The van der Waals surface area contributed by atoms with Crippen LogP contribution in [-0.4, -0.2) is 43.8 Å². The molecule has 3 aromatic rings. The van der Waals surface area contributed by atoms with E-state index in [1.54, 1.807) is 0 Å². The molecule has 34 heavy (non-hydrogen) atoms. The first-order valence-corrected chi connectivity index (χ1v) is 11.8. The van der Waals surface area contributed by atoms with E-state index in [9.17, 15) is 4.79 Å². The van der Waals surface area contributed by atoms with Crippen molar-refractivity contribution in [1.29, 1.82) is 0 Å². The molecule has 2 N–H and O–H groups in total. The van der Waals surface area contributed by atoms with Crippen molar-refractivity contribution in [2.24, 2.45) is 0 Å². The van der Waals surface area contributed by atoms with Crippen LogP contribution in [0.4, 0.5) is 10.5 Å². The van der Waals surface area contributed by atoms with E-state index in [1.807, 2.05) is 43.3 Å². The second-order valence-electron chi connectivity index (χ2n) is 8.94. The van der Waals surface area contributed by atoms with Gasteiger partial charge in [-0.15, -0.1) is 6.42 Å². The maximum absolute atomic E-state index is 12.8. The molecule has 1 aliphatic heterocycles. The lowest BCUT2D eigenvalue weighted by Crippen LogP contribution is -2.42. The van der Waals surface area contributed by atoms with Crippen molar-refractivity contribution in [1.82, 2.24) is 10.2 Å². The standard InChI is InChI=1S/C29H29N3O2/c1-3-22-16-21(18-32-14-12-30-13-15-32)17-28(20(22)2)31-29(33)34-19-27-25-10-6-4-8-23(25)24-9-5-7-11-26(24)27/h1,4-11,16-17,27,30H,12-15,18-19H2,2H3,(H,31,33). The van der Waals surface area contributed by atoms with E-state index in [-0.39, 0.29) is 12.5 Å². The van der Waals surface area contributed by atoms with E-state index in [0.717, 1.165) is 49.4 Å². The van der Waals surface area contributed by atoms with Crippen molar-refractivity contribution >= 4 is 11.8 Å². The first kappa shape index (κ1) is 22.2. The summed E-state index contributed by atoms with van der Waals surface area (Å²) in [7, 11) is 0. The average molecular weight is 452 g/mol. The summed E-state index contributed by atoms with van der Waals surface area (Å²) < 4.78 is 5.74. The predicted molar refractivity (Wildman–Crippen MR) is 136 cm³/mol. The summed E-state index contributed by atoms with van der Waals surface area (Å²) >= 11 is 0. The summed E-state index contributed by atoms with van der Waals surface area (Å²) in [6, 6.07) is 20.7. The number of terminal acetylenes is 1. The first-order chi connectivity index (χ1) is 16.6. The first-order valence-electron chi connectivity index (χ1n) is 11.8. The van der Waals surface area contributed by atoms with Crippen LogP contribution in [0, 0.1) is 19.3 Å². The largest absolute Gasteiger partial charge is 0.448 e. The van der Waals surface area contributed by atoms with Gasteiger partial charge in [0.1, 0.15) is 6.61 Å². The molecule has 0 aromatic heterocycles. The topological polar surface area (TPSA) is 53.6 Å². The number of carbonyl (C=O) groups excluding carboxylic acids is 1. The van der Waals surface area contributed by atoms with E-state index in [0.29, 0.717) is 5.69 Å². The summed E-state index contributed by atoms with van der Waals surface area (Å²) in [6.45, 7) is 6.97. The lowest BCUT2D eigenvalue weighted by molar-refractivity contribution is 0.158. The number of amides is 1. The zero-order valence-corrected chi connectivity index (χ0v) is 19.4. The Morgan fingerprint density at radius 3 is 2.38 bits per heavy atom. The Balaban J connectivity index is 1.30. The SMILES string of the molecule is C#Cc1cc(CN2CCNCC2)cc(NC(=O)OCC2c3ccccc3-c3ccccc32)c1C. The van der Waals surface area contributed by atoms with Gasteiger partial charge in [-0.2, -0.15) is 0 Å². The van der Waals surface area contributed by atoms with Gasteiger partial charge in [0.2, 0.25) is 0 Å². The van der Waals surface area contributed by atoms with E-state index in [1.165, 1.54) is 22.3 Å². The second-order valence-corrected chi connectivity index (χ2v) is 8.94. The zero-order chi connectivity index (χ0) is 23.5. The number of anilines is 1. The van der Waals surface area contributed by atoms with E-state index >= 15 is 0 Å². The lowest BCUT2D eigenvalue weighted by Gasteiger charge is -2.27. The van der Waals surface area contributed by atoms with Crippen LogP contribution >= 0.6 is 0 Å². The molecule has 0 radical (unpaired) electrons. The molecule has 1 heterocycles. The van der Waals surface area contributed by atoms with Gasteiger partial charge in [0.05, 0.1) is 0 Å². The summed E-state index contributed by atoms with van der Waals surface area (Å²) in [4.78, 5) is 15.2. The van der Waals surface area contributed by atoms with Gasteiger partial charge in [-0.1, -0.05) is 54.5 Å². The zero-order valence-electron chi connectivity index (χ0n) is 19.4. The molecule has 5 heteroatoms. The highest BCUT2D eigenvalue weighted by atomic mass is 16.5. The second kappa shape index (κ2) is 9.72. The monoisotopic (exact) mass is 451 g/mol. The summed E-state index contributed by atoms with van der Waals surface area (Å²) in [6.07, 6.45) is 5.30. The van der Waals surface area contributed by atoms with E-state index in [2.05, 4.69) is 45.7 Å². The van der Waals surface area contributed by atoms with Gasteiger partial charge in [-0.3, -0.25) is 10.2 Å². The highest BCUT2D eigenvalue weighted by molar-refractivity contribution is 5.87. The minimum absolute atomic E-state index is 0.0274. The molecule has 0 spiro atoms. The Kier molecular flexibility index (Phi) is 6.35. The third-order valence-electron chi connectivity index (χ3n) is 6.82. The summed E-state index contributed by atoms with van der Waals surface area (Å²) in [5, 5.41) is 6.32. The molecule has 1 amide bonds. The van der Waals surface area contributed by atoms with Crippen molar-refractivity contribution in [3.8, 4) is 23.5 Å². The van der Waals surface area contributed by atoms with Crippen LogP contribution in [0.3, 0.4) is 0 Å². The number of hydrogen-bond acceptors (Lipinski definition) is 4. The molecule has 0 saturated carbocycles. The predicted octanol–water partition coefficient (Wildman–Crippen LogP) is 4.74. The maximum Gasteiger partial charge on any atom is 0.411 e. The van der Waals surface area contributed by atoms with Crippen molar-refractivity contribution in [2.45, 2.75) is 19.4 Å². The molecule has 0 bridgehead atoms. The third-order valence-corrected chi connectivity index (χ3v) is 6.82. The van der Waals surface area contributed by atoms with Gasteiger partial charge < -0.3 is 10.1 Å². The van der Waals surface area contributed by atoms with Gasteiger partial charge in [0.25, 0.3) is 0 Å². The number of rotatable bonds is 5. The summed E-state index contributed by atoms with van der Waals surface area (Å²) in [5.41, 5.74) is 8.28. The molecule has 1 fully saturated rings. The molecule has 2 aliphatic rings. The number of carbonyl (C=O) groups is 1. The Labute approximate surface area is 201 Å². The number of piperazine rings is 1. The number of ether oxygens (including phenoxy) is 1. The third kappa shape index (κ3) is 4.43. The van der Waals surface area contributed by atoms with Gasteiger partial charge in [-0.25, -0.2) is 4.79 Å². The van der Waals surface area contributed by atoms with Crippen molar-refractivity contribution in [3.05, 3.63) is 88.5 Å². The molecule has 0 unspecified atom stereocenters. The normalized spacial score (nSPS) is 15.3. The Bertz CT molecular complexity index is 1210. The van der Waals surface area contributed by atoms with Crippen molar-refractivity contribution < 1.29 is 9.53 Å². The smallest absolute Gasteiger partial charge is 0.411 e. The Hall–Kier alpha value is -3.59. The van der Waals surface area contributed by atoms with Crippen LogP contribution in [0.1, 0.15) is 33.7 Å². The molecule has 172 valence electrons. The highest BCUT2D eigenvalue weighted by Gasteiger charge is 2.29. The van der Waals surface area contributed by atoms with Gasteiger partial charge in [0.15, 0.2) is 0 Å². The van der Waals surface area contributed by atoms with Crippen molar-refractivity contribution in [3.63, 3.8) is 0 Å². The van der Waals surface area contributed by atoms with Gasteiger partial charge in [0, 0.05) is 49.9 Å². The Morgan fingerprint density at radius 2 is 1.74 bits per heavy atom. The molecule has 0 atom stereocenters. The Morgan fingerprint density at radius 1 is 1.09 bits per heavy atom. The quantitative estimate of drug-likeness (QED) is 0.550. The van der Waals surface area contributed by atoms with Gasteiger partial charge in [-0.05, 0) is 52.4 Å².